The van der Waals surface area contributed by atoms with Crippen molar-refractivity contribution in [2.24, 2.45) is 0 Å². The van der Waals surface area contributed by atoms with Gasteiger partial charge in [0.2, 0.25) is 5.91 Å². The molecule has 106 valence electrons. The molecule has 0 saturated heterocycles. The summed E-state index contributed by atoms with van der Waals surface area (Å²) in [5, 5.41) is 5.19. The van der Waals surface area contributed by atoms with Gasteiger partial charge < -0.3 is 16.4 Å². The summed E-state index contributed by atoms with van der Waals surface area (Å²) in [7, 11) is 0. The standard InChI is InChI=1S/C12H16BrN3O2.ClH/c1-2-5-15-11(17)7-16-12(18)9-4-3-8(13)6-10(9)14;/h3-4,6H,2,5,7,14H2,1H3,(H,15,17)(H,16,18);1H. The van der Waals surface area contributed by atoms with Crippen LogP contribution in [0.5, 0.6) is 0 Å². The Bertz CT molecular complexity index is 455. The molecule has 0 aromatic heterocycles. The van der Waals surface area contributed by atoms with E-state index in [1.54, 1.807) is 18.2 Å². The van der Waals surface area contributed by atoms with Crippen LogP contribution in [0.4, 0.5) is 5.69 Å². The molecule has 0 aliphatic rings. The SMILES string of the molecule is CCCNC(=O)CNC(=O)c1ccc(Br)cc1N.Cl. The molecule has 0 heterocycles. The maximum Gasteiger partial charge on any atom is 0.253 e. The summed E-state index contributed by atoms with van der Waals surface area (Å²) in [5.41, 5.74) is 6.45. The van der Waals surface area contributed by atoms with Crippen molar-refractivity contribution in [3.05, 3.63) is 28.2 Å². The second-order valence-electron chi connectivity index (χ2n) is 3.76. The second-order valence-corrected chi connectivity index (χ2v) is 4.68. The molecule has 0 aliphatic carbocycles. The van der Waals surface area contributed by atoms with E-state index in [4.69, 9.17) is 5.73 Å². The summed E-state index contributed by atoms with van der Waals surface area (Å²) in [4.78, 5) is 23.1. The Morgan fingerprint density at radius 1 is 1.32 bits per heavy atom. The Morgan fingerprint density at radius 3 is 2.58 bits per heavy atom. The van der Waals surface area contributed by atoms with Crippen LogP contribution in [0.1, 0.15) is 23.7 Å². The average Bonchev–Trinajstić information content (AvgIpc) is 2.33. The summed E-state index contributed by atoms with van der Waals surface area (Å²) in [6.07, 6.45) is 0.860. The number of anilines is 1. The van der Waals surface area contributed by atoms with Gasteiger partial charge >= 0.3 is 0 Å². The first-order chi connectivity index (χ1) is 8.54. The summed E-state index contributed by atoms with van der Waals surface area (Å²) in [5.74, 6) is -0.562. The molecule has 0 atom stereocenters. The highest BCUT2D eigenvalue weighted by Crippen LogP contribution is 2.18. The van der Waals surface area contributed by atoms with Crippen molar-refractivity contribution >= 4 is 45.8 Å². The molecular weight excluding hydrogens is 334 g/mol. The van der Waals surface area contributed by atoms with Gasteiger partial charge in [0.1, 0.15) is 0 Å². The van der Waals surface area contributed by atoms with Crippen molar-refractivity contribution in [1.29, 1.82) is 0 Å². The highest BCUT2D eigenvalue weighted by Gasteiger charge is 2.10. The lowest BCUT2D eigenvalue weighted by molar-refractivity contribution is -0.120. The summed E-state index contributed by atoms with van der Waals surface area (Å²) in [6, 6.07) is 4.98. The van der Waals surface area contributed by atoms with Gasteiger partial charge in [0.15, 0.2) is 0 Å². The van der Waals surface area contributed by atoms with Crippen molar-refractivity contribution in [3.8, 4) is 0 Å². The van der Waals surface area contributed by atoms with E-state index in [0.29, 0.717) is 17.8 Å². The summed E-state index contributed by atoms with van der Waals surface area (Å²) >= 11 is 3.26. The molecule has 2 amide bonds. The molecule has 0 fully saturated rings. The van der Waals surface area contributed by atoms with E-state index < -0.39 is 0 Å². The van der Waals surface area contributed by atoms with Crippen molar-refractivity contribution in [2.75, 3.05) is 18.8 Å². The maximum atomic E-state index is 11.8. The third kappa shape index (κ3) is 5.94. The van der Waals surface area contributed by atoms with Crippen LogP contribution in [0.15, 0.2) is 22.7 Å². The van der Waals surface area contributed by atoms with Crippen molar-refractivity contribution < 1.29 is 9.59 Å². The predicted octanol–water partition coefficient (Wildman–Crippen LogP) is 1.71. The first kappa shape index (κ1) is 17.7. The van der Waals surface area contributed by atoms with Gasteiger partial charge in [0.25, 0.3) is 5.91 Å². The molecule has 0 saturated carbocycles. The van der Waals surface area contributed by atoms with Gasteiger partial charge in [-0.2, -0.15) is 0 Å². The zero-order valence-electron chi connectivity index (χ0n) is 10.5. The fraction of sp³-hybridized carbons (Fsp3) is 0.333. The number of nitrogen functional groups attached to an aromatic ring is 1. The van der Waals surface area contributed by atoms with E-state index in [9.17, 15) is 9.59 Å². The highest BCUT2D eigenvalue weighted by atomic mass is 79.9. The normalized spacial score (nSPS) is 9.37. The number of hydrogen-bond donors (Lipinski definition) is 3. The van der Waals surface area contributed by atoms with Gasteiger partial charge in [-0.15, -0.1) is 12.4 Å². The van der Waals surface area contributed by atoms with Crippen LogP contribution in [-0.4, -0.2) is 24.9 Å². The number of rotatable bonds is 5. The maximum absolute atomic E-state index is 11.8. The number of hydrogen-bond acceptors (Lipinski definition) is 3. The minimum Gasteiger partial charge on any atom is -0.398 e. The van der Waals surface area contributed by atoms with Gasteiger partial charge in [-0.05, 0) is 24.6 Å². The average molecular weight is 351 g/mol. The molecule has 5 nitrogen and oxygen atoms in total. The Hall–Kier alpha value is -1.27. The zero-order chi connectivity index (χ0) is 13.5. The van der Waals surface area contributed by atoms with Crippen LogP contribution < -0.4 is 16.4 Å². The van der Waals surface area contributed by atoms with Crippen LogP contribution in [0.2, 0.25) is 0 Å². The van der Waals surface area contributed by atoms with Gasteiger partial charge in [-0.25, -0.2) is 0 Å². The molecule has 0 radical (unpaired) electrons. The Labute approximate surface area is 126 Å². The van der Waals surface area contributed by atoms with E-state index in [2.05, 4.69) is 26.6 Å². The molecule has 7 heteroatoms. The molecule has 0 spiro atoms. The van der Waals surface area contributed by atoms with Crippen molar-refractivity contribution in [1.82, 2.24) is 10.6 Å². The number of carbonyl (C=O) groups excluding carboxylic acids is 2. The van der Waals surface area contributed by atoms with Crippen LogP contribution >= 0.6 is 28.3 Å². The first-order valence-corrected chi connectivity index (χ1v) is 6.43. The van der Waals surface area contributed by atoms with Gasteiger partial charge in [-0.1, -0.05) is 22.9 Å². The molecular formula is C12H17BrClN3O2. The monoisotopic (exact) mass is 349 g/mol. The summed E-state index contributed by atoms with van der Waals surface area (Å²) < 4.78 is 0.803. The van der Waals surface area contributed by atoms with Gasteiger partial charge in [-0.3, -0.25) is 9.59 Å². The van der Waals surface area contributed by atoms with Crippen LogP contribution in [0.3, 0.4) is 0 Å². The molecule has 0 aliphatic heterocycles. The van der Waals surface area contributed by atoms with Crippen molar-refractivity contribution in [2.45, 2.75) is 13.3 Å². The van der Waals surface area contributed by atoms with Crippen LogP contribution in [0.25, 0.3) is 0 Å². The Morgan fingerprint density at radius 2 is 2.00 bits per heavy atom. The topological polar surface area (TPSA) is 84.2 Å². The number of nitrogens with one attached hydrogen (secondary N) is 2. The lowest BCUT2D eigenvalue weighted by Crippen LogP contribution is -2.37. The lowest BCUT2D eigenvalue weighted by atomic mass is 10.1. The van der Waals surface area contributed by atoms with Gasteiger partial charge in [0, 0.05) is 16.7 Å². The minimum atomic E-state index is -0.355. The van der Waals surface area contributed by atoms with E-state index >= 15 is 0 Å². The van der Waals surface area contributed by atoms with Crippen molar-refractivity contribution in [3.63, 3.8) is 0 Å². The molecule has 4 N–H and O–H groups in total. The first-order valence-electron chi connectivity index (χ1n) is 5.64. The molecule has 19 heavy (non-hydrogen) atoms. The summed E-state index contributed by atoms with van der Waals surface area (Å²) in [6.45, 7) is 2.52. The number of halogens is 2. The quantitative estimate of drug-likeness (QED) is 0.707. The van der Waals surface area contributed by atoms with E-state index in [1.165, 1.54) is 0 Å². The fourth-order valence-corrected chi connectivity index (χ4v) is 1.70. The molecule has 0 bridgehead atoms. The lowest BCUT2D eigenvalue weighted by Gasteiger charge is -2.08. The smallest absolute Gasteiger partial charge is 0.253 e. The minimum absolute atomic E-state index is 0. The molecule has 1 aromatic carbocycles. The number of benzene rings is 1. The third-order valence-corrected chi connectivity index (χ3v) is 2.73. The Kier molecular flexibility index (Phi) is 8.18. The third-order valence-electron chi connectivity index (χ3n) is 2.24. The van der Waals surface area contributed by atoms with Crippen LogP contribution in [0, 0.1) is 0 Å². The highest BCUT2D eigenvalue weighted by molar-refractivity contribution is 9.10. The number of nitrogens with two attached hydrogens (primary N) is 1. The zero-order valence-corrected chi connectivity index (χ0v) is 12.9. The largest absolute Gasteiger partial charge is 0.398 e. The second kappa shape index (κ2) is 8.77. The van der Waals surface area contributed by atoms with Crippen LogP contribution in [-0.2, 0) is 4.79 Å². The van der Waals surface area contributed by atoms with E-state index in [1.807, 2.05) is 6.92 Å². The predicted molar refractivity (Wildman–Crippen MR) is 81.4 cm³/mol. The molecule has 0 unspecified atom stereocenters. The van der Waals surface area contributed by atoms with E-state index in [-0.39, 0.29) is 30.8 Å². The van der Waals surface area contributed by atoms with E-state index in [0.717, 1.165) is 10.9 Å². The number of amides is 2. The van der Waals surface area contributed by atoms with Gasteiger partial charge in [0.05, 0.1) is 12.1 Å². The Balaban J connectivity index is 0.00000324. The molecule has 1 aromatic rings. The number of carbonyl (C=O) groups is 2. The molecule has 1 rings (SSSR count). The fourth-order valence-electron chi connectivity index (χ4n) is 1.32.